The van der Waals surface area contributed by atoms with Crippen LogP contribution >= 0.6 is 0 Å². The van der Waals surface area contributed by atoms with Crippen molar-refractivity contribution in [3.8, 4) is 0 Å². The first-order chi connectivity index (χ1) is 7.20. The summed E-state index contributed by atoms with van der Waals surface area (Å²) in [5, 5.41) is 0. The van der Waals surface area contributed by atoms with Crippen molar-refractivity contribution in [1.29, 1.82) is 0 Å². The monoisotopic (exact) mass is 209 g/mol. The van der Waals surface area contributed by atoms with Gasteiger partial charge >= 0.3 is 5.97 Å². The van der Waals surface area contributed by atoms with E-state index < -0.39 is 0 Å². The second-order valence-corrected chi connectivity index (χ2v) is 4.47. The quantitative estimate of drug-likeness (QED) is 0.523. The third-order valence-electron chi connectivity index (χ3n) is 3.50. The van der Waals surface area contributed by atoms with E-state index in [1.807, 2.05) is 6.92 Å². The summed E-state index contributed by atoms with van der Waals surface area (Å²) in [6.07, 6.45) is 6.32. The molecule has 0 saturated carbocycles. The molecule has 3 heteroatoms. The van der Waals surface area contributed by atoms with Crippen LogP contribution in [0.2, 0.25) is 0 Å². The Hall–Kier alpha value is -0.830. The molecule has 2 rings (SSSR count). The van der Waals surface area contributed by atoms with E-state index in [1.165, 1.54) is 18.4 Å². The molecule has 2 aliphatic rings. The lowest BCUT2D eigenvalue weighted by atomic mass is 9.99. The van der Waals surface area contributed by atoms with Crippen LogP contribution in [0, 0.1) is 0 Å². The van der Waals surface area contributed by atoms with Gasteiger partial charge in [0.15, 0.2) is 0 Å². The van der Waals surface area contributed by atoms with Gasteiger partial charge in [-0.15, -0.1) is 0 Å². The summed E-state index contributed by atoms with van der Waals surface area (Å²) in [5.41, 5.74) is 1.28. The molecule has 1 fully saturated rings. The van der Waals surface area contributed by atoms with E-state index in [1.54, 1.807) is 0 Å². The predicted molar refractivity (Wildman–Crippen MR) is 58.5 cm³/mol. The zero-order chi connectivity index (χ0) is 10.8. The molecule has 0 spiro atoms. The number of rotatable bonds is 3. The fourth-order valence-corrected chi connectivity index (χ4v) is 2.66. The van der Waals surface area contributed by atoms with Gasteiger partial charge in [-0.1, -0.05) is 11.6 Å². The largest absolute Gasteiger partial charge is 0.466 e. The Labute approximate surface area is 91.1 Å². The van der Waals surface area contributed by atoms with Crippen molar-refractivity contribution in [3.63, 3.8) is 0 Å². The van der Waals surface area contributed by atoms with Crippen LogP contribution in [0.1, 0.15) is 32.6 Å². The van der Waals surface area contributed by atoms with Crippen LogP contribution in [-0.2, 0) is 9.53 Å². The number of likely N-dealkylation sites (N-methyl/N-ethyl adjacent to an activating group) is 1. The number of ether oxygens (including phenoxy) is 1. The second-order valence-electron chi connectivity index (χ2n) is 4.47. The fraction of sp³-hybridized carbons (Fsp3) is 0.750. The molecule has 0 aromatic carbocycles. The lowest BCUT2D eigenvalue weighted by molar-refractivity contribution is -0.142. The van der Waals surface area contributed by atoms with Gasteiger partial charge in [0.1, 0.15) is 0 Å². The van der Waals surface area contributed by atoms with Gasteiger partial charge in [-0.25, -0.2) is 0 Å². The Morgan fingerprint density at radius 3 is 3.07 bits per heavy atom. The second kappa shape index (κ2) is 4.35. The molecule has 15 heavy (non-hydrogen) atoms. The zero-order valence-electron chi connectivity index (χ0n) is 9.53. The molecular weight excluding hydrogens is 190 g/mol. The Balaban J connectivity index is 1.95. The normalized spacial score (nSPS) is 30.1. The molecule has 1 saturated heterocycles. The van der Waals surface area contributed by atoms with Crippen LogP contribution in [0.5, 0.6) is 0 Å². The number of hydrogen-bond donors (Lipinski definition) is 0. The van der Waals surface area contributed by atoms with E-state index in [4.69, 9.17) is 4.74 Å². The molecule has 0 amide bonds. The molecular formula is C12H19NO2. The maximum Gasteiger partial charge on any atom is 0.309 e. The smallest absolute Gasteiger partial charge is 0.309 e. The van der Waals surface area contributed by atoms with Gasteiger partial charge in [0.05, 0.1) is 13.0 Å². The average molecular weight is 209 g/mol. The first kappa shape index (κ1) is 10.7. The van der Waals surface area contributed by atoms with Gasteiger partial charge in [-0.05, 0) is 33.2 Å². The molecule has 2 bridgehead atoms. The van der Waals surface area contributed by atoms with Gasteiger partial charge in [-0.3, -0.25) is 9.69 Å². The zero-order valence-corrected chi connectivity index (χ0v) is 9.53. The molecule has 0 aliphatic carbocycles. The standard InChI is InChI=1S/C12H19NO2/c1-3-15-12(14)8-9-6-10-4-5-11(7-9)13(10)2/h6,10-11H,3-5,7-8H2,1-2H3. The van der Waals surface area contributed by atoms with E-state index in [0.717, 1.165) is 6.42 Å². The number of carbonyl (C=O) groups excluding carboxylic acids is 1. The lowest BCUT2D eigenvalue weighted by Crippen LogP contribution is -2.35. The number of hydrogen-bond acceptors (Lipinski definition) is 3. The predicted octanol–water partition coefficient (Wildman–Crippen LogP) is 1.73. The van der Waals surface area contributed by atoms with Gasteiger partial charge in [-0.2, -0.15) is 0 Å². The number of fused-ring (bicyclic) bond motifs is 2. The number of nitrogens with zero attached hydrogens (tertiary/aromatic N) is 1. The van der Waals surface area contributed by atoms with Gasteiger partial charge in [0, 0.05) is 12.1 Å². The highest BCUT2D eigenvalue weighted by Gasteiger charge is 2.33. The number of carbonyl (C=O) groups is 1. The van der Waals surface area contributed by atoms with Gasteiger partial charge in [0.25, 0.3) is 0 Å². The number of esters is 1. The molecule has 3 nitrogen and oxygen atoms in total. The van der Waals surface area contributed by atoms with Crippen molar-refractivity contribution in [3.05, 3.63) is 11.6 Å². The Morgan fingerprint density at radius 1 is 1.60 bits per heavy atom. The molecule has 0 aromatic heterocycles. The molecule has 0 N–H and O–H groups in total. The SMILES string of the molecule is CCOC(=O)CC1=CC2CCC(C1)N2C. The maximum absolute atomic E-state index is 11.3. The lowest BCUT2D eigenvalue weighted by Gasteiger charge is -2.30. The summed E-state index contributed by atoms with van der Waals surface area (Å²) in [4.78, 5) is 13.8. The summed E-state index contributed by atoms with van der Waals surface area (Å²) >= 11 is 0. The summed E-state index contributed by atoms with van der Waals surface area (Å²) in [5.74, 6) is -0.0762. The maximum atomic E-state index is 11.3. The minimum absolute atomic E-state index is 0.0762. The van der Waals surface area contributed by atoms with Crippen LogP contribution in [-0.4, -0.2) is 36.6 Å². The van der Waals surface area contributed by atoms with Crippen molar-refractivity contribution in [2.75, 3.05) is 13.7 Å². The molecule has 2 unspecified atom stereocenters. The van der Waals surface area contributed by atoms with E-state index in [-0.39, 0.29) is 5.97 Å². The summed E-state index contributed by atoms with van der Waals surface area (Å²) < 4.78 is 4.97. The van der Waals surface area contributed by atoms with Crippen molar-refractivity contribution >= 4 is 5.97 Å². The third-order valence-corrected chi connectivity index (χ3v) is 3.50. The minimum Gasteiger partial charge on any atom is -0.466 e. The summed E-state index contributed by atoms with van der Waals surface area (Å²) in [6.45, 7) is 2.34. The van der Waals surface area contributed by atoms with Crippen LogP contribution in [0.15, 0.2) is 11.6 Å². The average Bonchev–Trinajstić information content (AvgIpc) is 2.43. The molecule has 0 aromatic rings. The Bertz CT molecular complexity index is 285. The van der Waals surface area contributed by atoms with E-state index >= 15 is 0 Å². The van der Waals surface area contributed by atoms with Crippen LogP contribution < -0.4 is 0 Å². The molecule has 84 valence electrons. The molecule has 2 heterocycles. The summed E-state index contributed by atoms with van der Waals surface area (Å²) in [6, 6.07) is 1.22. The molecule has 2 atom stereocenters. The molecule has 2 aliphatic heterocycles. The third kappa shape index (κ3) is 2.23. The van der Waals surface area contributed by atoms with E-state index in [9.17, 15) is 4.79 Å². The first-order valence-electron chi connectivity index (χ1n) is 5.78. The van der Waals surface area contributed by atoms with Crippen LogP contribution in [0.25, 0.3) is 0 Å². The van der Waals surface area contributed by atoms with E-state index in [2.05, 4.69) is 18.0 Å². The highest BCUT2D eigenvalue weighted by molar-refractivity contribution is 5.72. The Morgan fingerprint density at radius 2 is 2.40 bits per heavy atom. The van der Waals surface area contributed by atoms with Crippen molar-refractivity contribution in [2.24, 2.45) is 0 Å². The topological polar surface area (TPSA) is 29.5 Å². The van der Waals surface area contributed by atoms with Crippen molar-refractivity contribution in [2.45, 2.75) is 44.7 Å². The minimum atomic E-state index is -0.0762. The molecule has 0 radical (unpaired) electrons. The van der Waals surface area contributed by atoms with Gasteiger partial charge in [0.2, 0.25) is 0 Å². The van der Waals surface area contributed by atoms with Gasteiger partial charge < -0.3 is 4.74 Å². The van der Waals surface area contributed by atoms with Crippen LogP contribution in [0.3, 0.4) is 0 Å². The van der Waals surface area contributed by atoms with E-state index in [0.29, 0.717) is 25.1 Å². The van der Waals surface area contributed by atoms with Crippen molar-refractivity contribution in [1.82, 2.24) is 4.90 Å². The van der Waals surface area contributed by atoms with Crippen molar-refractivity contribution < 1.29 is 9.53 Å². The highest BCUT2D eigenvalue weighted by atomic mass is 16.5. The Kier molecular flexibility index (Phi) is 3.10. The van der Waals surface area contributed by atoms with Crippen LogP contribution in [0.4, 0.5) is 0 Å². The highest BCUT2D eigenvalue weighted by Crippen LogP contribution is 2.34. The summed E-state index contributed by atoms with van der Waals surface area (Å²) in [7, 11) is 2.18. The first-order valence-corrected chi connectivity index (χ1v) is 5.78. The fourth-order valence-electron chi connectivity index (χ4n) is 2.66.